The van der Waals surface area contributed by atoms with Gasteiger partial charge < -0.3 is 5.73 Å². The molecule has 0 saturated carbocycles. The maximum absolute atomic E-state index is 12.9. The van der Waals surface area contributed by atoms with Crippen molar-refractivity contribution in [2.24, 2.45) is 5.73 Å². The molecular weight excluding hydrogens is 267 g/mol. The number of fused-ring (bicyclic) bond motifs is 1. The van der Waals surface area contributed by atoms with E-state index in [9.17, 15) is 21.6 Å². The minimum Gasteiger partial charge on any atom is -0.330 e. The molecule has 0 atom stereocenters. The van der Waals surface area contributed by atoms with Crippen LogP contribution in [0.25, 0.3) is 5.57 Å². The highest BCUT2D eigenvalue weighted by Crippen LogP contribution is 2.43. The first-order chi connectivity index (χ1) is 8.27. The van der Waals surface area contributed by atoms with E-state index in [1.54, 1.807) is 0 Å². The predicted molar refractivity (Wildman–Crippen MR) is 60.3 cm³/mol. The average Bonchev–Trinajstić information content (AvgIpc) is 2.50. The van der Waals surface area contributed by atoms with Gasteiger partial charge in [0.15, 0.2) is 0 Å². The molecule has 1 aromatic carbocycles. The Morgan fingerprint density at radius 1 is 1.22 bits per heavy atom. The Morgan fingerprint density at radius 2 is 1.89 bits per heavy atom. The molecule has 1 aliphatic heterocycles. The largest absolute Gasteiger partial charge is 0.417 e. The van der Waals surface area contributed by atoms with Crippen LogP contribution in [-0.4, -0.2) is 15.0 Å². The van der Waals surface area contributed by atoms with Gasteiger partial charge in [-0.05, 0) is 30.7 Å². The van der Waals surface area contributed by atoms with E-state index in [1.165, 1.54) is 6.07 Å². The second-order valence-corrected chi connectivity index (χ2v) is 5.67. The van der Waals surface area contributed by atoms with E-state index in [0.29, 0.717) is 0 Å². The number of rotatable bonds is 2. The first kappa shape index (κ1) is 13.1. The lowest BCUT2D eigenvalue weighted by Crippen LogP contribution is -2.10. The lowest BCUT2D eigenvalue weighted by atomic mass is 9.98. The number of halogens is 3. The summed E-state index contributed by atoms with van der Waals surface area (Å²) in [6.45, 7) is 0.0903. The van der Waals surface area contributed by atoms with Crippen molar-refractivity contribution >= 4 is 15.4 Å². The Labute approximate surface area is 102 Å². The molecule has 1 aliphatic rings. The number of hydrogen-bond acceptors (Lipinski definition) is 3. The number of nitrogens with two attached hydrogens (primary N) is 1. The fraction of sp³-hybridized carbons (Fsp3) is 0.273. The summed E-state index contributed by atoms with van der Waals surface area (Å²) in [5, 5.41) is 0.875. The van der Waals surface area contributed by atoms with Crippen molar-refractivity contribution < 1.29 is 21.6 Å². The van der Waals surface area contributed by atoms with Gasteiger partial charge in [-0.15, -0.1) is 0 Å². The van der Waals surface area contributed by atoms with Crippen LogP contribution >= 0.6 is 0 Å². The minimum atomic E-state index is -4.58. The van der Waals surface area contributed by atoms with Gasteiger partial charge >= 0.3 is 6.18 Å². The first-order valence-corrected chi connectivity index (χ1v) is 6.68. The molecule has 0 fully saturated rings. The third-order valence-corrected chi connectivity index (χ3v) is 4.22. The highest BCUT2D eigenvalue weighted by Gasteiger charge is 2.39. The van der Waals surface area contributed by atoms with Crippen molar-refractivity contribution in [1.29, 1.82) is 0 Å². The van der Waals surface area contributed by atoms with Gasteiger partial charge in [-0.2, -0.15) is 13.2 Å². The van der Waals surface area contributed by atoms with Gasteiger partial charge in [-0.1, -0.05) is 6.07 Å². The van der Waals surface area contributed by atoms with Crippen LogP contribution in [0, 0.1) is 0 Å². The number of alkyl halides is 3. The zero-order valence-electron chi connectivity index (χ0n) is 9.16. The Morgan fingerprint density at radius 3 is 2.44 bits per heavy atom. The molecule has 0 saturated heterocycles. The van der Waals surface area contributed by atoms with Crippen LogP contribution in [0.5, 0.6) is 0 Å². The van der Waals surface area contributed by atoms with Crippen molar-refractivity contribution in [3.05, 3.63) is 34.7 Å². The summed E-state index contributed by atoms with van der Waals surface area (Å²) in [6, 6.07) is 3.16. The summed E-state index contributed by atoms with van der Waals surface area (Å²) in [7, 11) is -3.78. The van der Waals surface area contributed by atoms with Gasteiger partial charge in [0.25, 0.3) is 0 Å². The molecule has 0 aromatic heterocycles. The van der Waals surface area contributed by atoms with Gasteiger partial charge in [0.05, 0.1) is 10.5 Å². The summed E-state index contributed by atoms with van der Waals surface area (Å²) in [5.74, 6) is 0. The molecule has 1 heterocycles. The zero-order chi connectivity index (χ0) is 13.6. The minimum absolute atomic E-state index is 0.0903. The fourth-order valence-electron chi connectivity index (χ4n) is 1.98. The molecule has 0 unspecified atom stereocenters. The van der Waals surface area contributed by atoms with Gasteiger partial charge in [0.2, 0.25) is 9.84 Å². The Balaban J connectivity index is 2.74. The Kier molecular flexibility index (Phi) is 2.98. The van der Waals surface area contributed by atoms with Gasteiger partial charge in [-0.3, -0.25) is 0 Å². The van der Waals surface area contributed by atoms with Crippen molar-refractivity contribution in [2.75, 3.05) is 6.54 Å². The van der Waals surface area contributed by atoms with E-state index in [0.717, 1.165) is 17.5 Å². The lowest BCUT2D eigenvalue weighted by molar-refractivity contribution is -0.137. The Bertz CT molecular complexity index is 618. The molecule has 7 heteroatoms. The van der Waals surface area contributed by atoms with Crippen LogP contribution in [0.1, 0.15) is 17.5 Å². The summed E-state index contributed by atoms with van der Waals surface area (Å²) < 4.78 is 62.0. The highest BCUT2D eigenvalue weighted by molar-refractivity contribution is 7.95. The van der Waals surface area contributed by atoms with E-state index in [1.807, 2.05) is 0 Å². The van der Waals surface area contributed by atoms with Crippen LogP contribution in [-0.2, 0) is 16.0 Å². The highest BCUT2D eigenvalue weighted by atomic mass is 32.2. The monoisotopic (exact) mass is 277 g/mol. The third-order valence-electron chi connectivity index (χ3n) is 2.67. The molecule has 1 aromatic rings. The van der Waals surface area contributed by atoms with Crippen LogP contribution in [0.3, 0.4) is 0 Å². The van der Waals surface area contributed by atoms with E-state index in [4.69, 9.17) is 5.73 Å². The average molecular weight is 277 g/mol. The van der Waals surface area contributed by atoms with Crippen molar-refractivity contribution in [2.45, 2.75) is 17.5 Å². The van der Waals surface area contributed by atoms with E-state index in [-0.39, 0.29) is 29.0 Å². The van der Waals surface area contributed by atoms with E-state index >= 15 is 0 Å². The van der Waals surface area contributed by atoms with E-state index in [2.05, 4.69) is 0 Å². The molecule has 3 nitrogen and oxygen atoms in total. The molecule has 0 aliphatic carbocycles. The zero-order valence-corrected chi connectivity index (χ0v) is 9.98. The topological polar surface area (TPSA) is 60.2 Å². The van der Waals surface area contributed by atoms with Gasteiger partial charge in [0.1, 0.15) is 0 Å². The quantitative estimate of drug-likeness (QED) is 0.901. The van der Waals surface area contributed by atoms with Crippen LogP contribution in [0.15, 0.2) is 28.5 Å². The number of hydrogen-bond donors (Lipinski definition) is 1. The second kappa shape index (κ2) is 4.10. The van der Waals surface area contributed by atoms with Crippen molar-refractivity contribution in [3.63, 3.8) is 0 Å². The molecule has 0 bridgehead atoms. The fourth-order valence-corrected chi connectivity index (χ4v) is 3.52. The normalized spacial score (nSPS) is 17.4. The molecule has 0 spiro atoms. The molecule has 2 rings (SSSR count). The number of sulfone groups is 1. The van der Waals surface area contributed by atoms with Crippen LogP contribution in [0.4, 0.5) is 13.2 Å². The maximum Gasteiger partial charge on any atom is 0.417 e. The SMILES string of the molecule is NCCC1=CS(=O)(=O)c2cccc(C(F)(F)F)c21. The third kappa shape index (κ3) is 2.04. The summed E-state index contributed by atoms with van der Waals surface area (Å²) in [4.78, 5) is -0.291. The standard InChI is InChI=1S/C11H10F3NO2S/c12-11(13,14)8-2-1-3-9-10(8)7(4-5-15)6-18(9,16)17/h1-3,6H,4-5,15H2. The molecule has 0 amide bonds. The van der Waals surface area contributed by atoms with E-state index < -0.39 is 21.6 Å². The van der Waals surface area contributed by atoms with Crippen molar-refractivity contribution in [3.8, 4) is 0 Å². The van der Waals surface area contributed by atoms with Crippen molar-refractivity contribution in [1.82, 2.24) is 0 Å². The molecule has 0 radical (unpaired) electrons. The predicted octanol–water partition coefficient (Wildman–Crippen LogP) is 2.18. The van der Waals surface area contributed by atoms with Crippen LogP contribution in [0.2, 0.25) is 0 Å². The van der Waals surface area contributed by atoms with Gasteiger partial charge in [0, 0.05) is 11.0 Å². The Hall–Kier alpha value is -1.34. The van der Waals surface area contributed by atoms with Gasteiger partial charge in [-0.25, -0.2) is 8.42 Å². The summed E-state index contributed by atoms with van der Waals surface area (Å²) >= 11 is 0. The first-order valence-electron chi connectivity index (χ1n) is 5.13. The number of benzene rings is 1. The second-order valence-electron chi connectivity index (χ2n) is 3.90. The molecular formula is C11H10F3NO2S. The summed E-state index contributed by atoms with van der Waals surface area (Å²) in [6.07, 6.45) is -4.49. The molecule has 18 heavy (non-hydrogen) atoms. The maximum atomic E-state index is 12.9. The molecule has 98 valence electrons. The summed E-state index contributed by atoms with van der Waals surface area (Å²) in [5.41, 5.74) is 4.24. The smallest absolute Gasteiger partial charge is 0.330 e. The molecule has 2 N–H and O–H groups in total. The lowest BCUT2D eigenvalue weighted by Gasteiger charge is -2.13. The van der Waals surface area contributed by atoms with Crippen LogP contribution < -0.4 is 5.73 Å².